The summed E-state index contributed by atoms with van der Waals surface area (Å²) < 4.78 is 0. The van der Waals surface area contributed by atoms with Gasteiger partial charge < -0.3 is 0 Å². The van der Waals surface area contributed by atoms with E-state index in [2.05, 4.69) is 49.2 Å². The second-order valence-corrected chi connectivity index (χ2v) is 7.85. The normalized spacial score (nSPS) is 11.6. The molecule has 0 aliphatic heterocycles. The van der Waals surface area contributed by atoms with Gasteiger partial charge in [-0.05, 0) is 41.7 Å². The van der Waals surface area contributed by atoms with Gasteiger partial charge in [-0.1, -0.05) is 61.8 Å². The van der Waals surface area contributed by atoms with Crippen molar-refractivity contribution in [3.8, 4) is 17.3 Å². The Morgan fingerprint density at radius 1 is 1.23 bits per heavy atom. The van der Waals surface area contributed by atoms with Gasteiger partial charge in [-0.2, -0.15) is 5.26 Å². The van der Waals surface area contributed by atoms with Crippen LogP contribution in [0.5, 0.6) is 0 Å². The fourth-order valence-corrected chi connectivity index (χ4v) is 3.71. The van der Waals surface area contributed by atoms with E-state index in [1.807, 2.05) is 35.7 Å². The lowest BCUT2D eigenvalue weighted by molar-refractivity contribution is 0.647. The Kier molecular flexibility index (Phi) is 5.88. The second kappa shape index (κ2) is 8.31. The predicted molar refractivity (Wildman–Crippen MR) is 111 cm³/mol. The summed E-state index contributed by atoms with van der Waals surface area (Å²) in [5.74, 6) is 0.640. The van der Waals surface area contributed by atoms with Crippen LogP contribution in [-0.2, 0) is 6.42 Å². The fourth-order valence-electron chi connectivity index (χ4n) is 2.72. The Balaban J connectivity index is 1.85. The number of rotatable bonds is 5. The van der Waals surface area contributed by atoms with Crippen molar-refractivity contribution in [2.24, 2.45) is 5.92 Å². The van der Waals surface area contributed by atoms with Crippen LogP contribution >= 0.6 is 22.9 Å². The number of aromatic nitrogens is 1. The molecule has 0 fully saturated rings. The smallest absolute Gasteiger partial charge is 0.134 e. The highest BCUT2D eigenvalue weighted by atomic mass is 35.5. The third-order valence-electron chi connectivity index (χ3n) is 3.91. The van der Waals surface area contributed by atoms with E-state index in [1.54, 1.807) is 0 Å². The lowest BCUT2D eigenvalue weighted by Gasteiger charge is -2.05. The molecule has 0 saturated heterocycles. The van der Waals surface area contributed by atoms with Gasteiger partial charge in [0.2, 0.25) is 0 Å². The van der Waals surface area contributed by atoms with Gasteiger partial charge in [0.05, 0.1) is 11.3 Å². The first kappa shape index (κ1) is 18.4. The van der Waals surface area contributed by atoms with Crippen LogP contribution in [0.1, 0.15) is 30.0 Å². The van der Waals surface area contributed by atoms with Gasteiger partial charge in [0.15, 0.2) is 0 Å². The second-order valence-electron chi connectivity index (χ2n) is 6.56. The van der Waals surface area contributed by atoms with Crippen LogP contribution in [-0.4, -0.2) is 4.98 Å². The zero-order valence-electron chi connectivity index (χ0n) is 14.7. The number of nitriles is 1. The molecule has 0 saturated carbocycles. The van der Waals surface area contributed by atoms with Crippen molar-refractivity contribution in [2.75, 3.05) is 0 Å². The molecule has 0 bridgehead atoms. The fraction of sp³-hybridized carbons (Fsp3) is 0.182. The van der Waals surface area contributed by atoms with Crippen molar-refractivity contribution in [3.63, 3.8) is 0 Å². The predicted octanol–water partition coefficient (Wildman–Crippen LogP) is 6.73. The Morgan fingerprint density at radius 2 is 2.00 bits per heavy atom. The highest BCUT2D eigenvalue weighted by molar-refractivity contribution is 7.11. The average molecular weight is 379 g/mol. The molecule has 26 heavy (non-hydrogen) atoms. The lowest BCUT2D eigenvalue weighted by Crippen LogP contribution is -1.93. The zero-order valence-corrected chi connectivity index (χ0v) is 16.3. The van der Waals surface area contributed by atoms with Crippen LogP contribution in [0.15, 0.2) is 53.9 Å². The van der Waals surface area contributed by atoms with Crippen molar-refractivity contribution in [2.45, 2.75) is 20.3 Å². The number of hydrogen-bond acceptors (Lipinski definition) is 3. The van der Waals surface area contributed by atoms with E-state index in [0.717, 1.165) is 23.2 Å². The Hall–Kier alpha value is -2.41. The molecule has 0 aliphatic rings. The van der Waals surface area contributed by atoms with E-state index < -0.39 is 0 Å². The quantitative estimate of drug-likeness (QED) is 0.461. The highest BCUT2D eigenvalue weighted by Gasteiger charge is 2.09. The minimum absolute atomic E-state index is 0.542. The number of nitrogens with zero attached hydrogens (tertiary/aromatic N) is 2. The maximum atomic E-state index is 9.53. The maximum absolute atomic E-state index is 9.53. The summed E-state index contributed by atoms with van der Waals surface area (Å²) in [5.41, 5.74) is 4.73. The molecule has 0 radical (unpaired) electrons. The van der Waals surface area contributed by atoms with Crippen LogP contribution in [0.25, 0.3) is 22.9 Å². The molecule has 0 spiro atoms. The lowest BCUT2D eigenvalue weighted by atomic mass is 10.0. The van der Waals surface area contributed by atoms with E-state index >= 15 is 0 Å². The minimum atomic E-state index is 0.542. The van der Waals surface area contributed by atoms with Crippen molar-refractivity contribution in [3.05, 3.63) is 75.1 Å². The monoisotopic (exact) mass is 378 g/mol. The van der Waals surface area contributed by atoms with Crippen LogP contribution in [0.3, 0.4) is 0 Å². The van der Waals surface area contributed by atoms with Crippen molar-refractivity contribution in [1.82, 2.24) is 4.98 Å². The molecule has 130 valence electrons. The zero-order chi connectivity index (χ0) is 18.5. The summed E-state index contributed by atoms with van der Waals surface area (Å²) >= 11 is 7.50. The Morgan fingerprint density at radius 3 is 2.65 bits per heavy atom. The van der Waals surface area contributed by atoms with E-state index in [1.165, 1.54) is 16.9 Å². The molecule has 0 N–H and O–H groups in total. The molecule has 3 rings (SSSR count). The molecular formula is C22H19ClN2S. The van der Waals surface area contributed by atoms with Gasteiger partial charge >= 0.3 is 0 Å². The summed E-state index contributed by atoms with van der Waals surface area (Å²) in [5, 5.41) is 12.9. The summed E-state index contributed by atoms with van der Waals surface area (Å²) in [6.07, 6.45) is 2.89. The van der Waals surface area contributed by atoms with E-state index in [4.69, 9.17) is 11.6 Å². The van der Waals surface area contributed by atoms with Gasteiger partial charge in [0, 0.05) is 16.0 Å². The maximum Gasteiger partial charge on any atom is 0.134 e. The highest BCUT2D eigenvalue weighted by Crippen LogP contribution is 2.28. The molecule has 3 aromatic rings. The van der Waals surface area contributed by atoms with Crippen molar-refractivity contribution >= 4 is 34.6 Å². The number of halogens is 1. The van der Waals surface area contributed by atoms with Crippen LogP contribution < -0.4 is 0 Å². The first-order chi connectivity index (χ1) is 12.5. The van der Waals surface area contributed by atoms with Crippen LogP contribution in [0.4, 0.5) is 0 Å². The standard InChI is InChI=1S/C22H19ClN2S/c1-15(2)10-16-6-8-18(9-7-16)21-14-26-22(25-21)19(13-24)11-17-4-3-5-20(23)12-17/h3-9,11-12,14-15H,10H2,1-2H3/b19-11+. The van der Waals surface area contributed by atoms with Gasteiger partial charge in [-0.25, -0.2) is 4.98 Å². The minimum Gasteiger partial charge on any atom is -0.235 e. The molecular weight excluding hydrogens is 360 g/mol. The summed E-state index contributed by atoms with van der Waals surface area (Å²) in [4.78, 5) is 4.66. The van der Waals surface area contributed by atoms with E-state index in [0.29, 0.717) is 21.5 Å². The van der Waals surface area contributed by atoms with Crippen LogP contribution in [0.2, 0.25) is 5.02 Å². The SMILES string of the molecule is CC(C)Cc1ccc(-c2csc(/C(C#N)=C/c3cccc(Cl)c3)n2)cc1. The van der Waals surface area contributed by atoms with Crippen molar-refractivity contribution < 1.29 is 0 Å². The third-order valence-corrected chi connectivity index (χ3v) is 5.02. The molecule has 0 unspecified atom stereocenters. The molecule has 1 heterocycles. The third kappa shape index (κ3) is 4.60. The molecule has 1 aromatic heterocycles. The molecule has 4 heteroatoms. The summed E-state index contributed by atoms with van der Waals surface area (Å²) in [7, 11) is 0. The first-order valence-corrected chi connectivity index (χ1v) is 9.73. The number of allylic oxidation sites excluding steroid dienone is 1. The van der Waals surface area contributed by atoms with Crippen LogP contribution in [0, 0.1) is 17.2 Å². The molecule has 2 aromatic carbocycles. The first-order valence-electron chi connectivity index (χ1n) is 8.47. The summed E-state index contributed by atoms with van der Waals surface area (Å²) in [6.45, 7) is 4.44. The van der Waals surface area contributed by atoms with Gasteiger partial charge in [-0.3, -0.25) is 0 Å². The van der Waals surface area contributed by atoms with Gasteiger partial charge in [-0.15, -0.1) is 11.3 Å². The molecule has 0 amide bonds. The summed E-state index contributed by atoms with van der Waals surface area (Å²) in [6, 6.07) is 18.2. The topological polar surface area (TPSA) is 36.7 Å². The molecule has 2 nitrogen and oxygen atoms in total. The van der Waals surface area contributed by atoms with E-state index in [-0.39, 0.29) is 0 Å². The van der Waals surface area contributed by atoms with Crippen molar-refractivity contribution in [1.29, 1.82) is 5.26 Å². The largest absolute Gasteiger partial charge is 0.235 e. The number of hydrogen-bond donors (Lipinski definition) is 0. The van der Waals surface area contributed by atoms with E-state index in [9.17, 15) is 5.26 Å². The van der Waals surface area contributed by atoms with Gasteiger partial charge in [0.1, 0.15) is 11.1 Å². The average Bonchev–Trinajstić information content (AvgIpc) is 3.10. The number of thiazole rings is 1. The number of benzene rings is 2. The Bertz CT molecular complexity index is 962. The Labute approximate surface area is 163 Å². The van der Waals surface area contributed by atoms with Gasteiger partial charge in [0.25, 0.3) is 0 Å². The molecule has 0 atom stereocenters. The molecule has 0 aliphatic carbocycles.